The van der Waals surface area contributed by atoms with Gasteiger partial charge in [-0.05, 0) is 13.3 Å². The highest BCUT2D eigenvalue weighted by atomic mass is 16.2. The largest absolute Gasteiger partial charge is 0.353 e. The Morgan fingerprint density at radius 2 is 2.10 bits per heavy atom. The predicted molar refractivity (Wildman–Crippen MR) is 79.1 cm³/mol. The Kier molecular flexibility index (Phi) is 5.08. The molecule has 7 heteroatoms. The highest BCUT2D eigenvalue weighted by Gasteiger charge is 2.18. The molecule has 114 valence electrons. The van der Waals surface area contributed by atoms with E-state index in [4.69, 9.17) is 0 Å². The van der Waals surface area contributed by atoms with E-state index in [9.17, 15) is 9.59 Å². The Morgan fingerprint density at radius 3 is 2.71 bits per heavy atom. The fourth-order valence-corrected chi connectivity index (χ4v) is 2.10. The van der Waals surface area contributed by atoms with Crippen molar-refractivity contribution in [3.63, 3.8) is 0 Å². The van der Waals surface area contributed by atoms with Crippen LogP contribution in [0, 0.1) is 0 Å². The summed E-state index contributed by atoms with van der Waals surface area (Å²) < 4.78 is 0. The van der Waals surface area contributed by atoms with Crippen LogP contribution in [-0.2, 0) is 4.79 Å². The van der Waals surface area contributed by atoms with E-state index in [-0.39, 0.29) is 11.9 Å². The molecule has 1 aromatic rings. The maximum absolute atomic E-state index is 12.1. The van der Waals surface area contributed by atoms with Gasteiger partial charge in [-0.3, -0.25) is 9.59 Å². The smallest absolute Gasteiger partial charge is 0.270 e. The number of aromatic nitrogens is 2. The Labute approximate surface area is 124 Å². The van der Waals surface area contributed by atoms with Gasteiger partial charge < -0.3 is 15.1 Å². The SMILES string of the molecule is CCC(C)NC(=O)c1cc(N2CCN(C=O)CC2)ncn1. The van der Waals surface area contributed by atoms with Crippen LogP contribution >= 0.6 is 0 Å². The highest BCUT2D eigenvalue weighted by Crippen LogP contribution is 2.13. The molecule has 0 radical (unpaired) electrons. The molecule has 21 heavy (non-hydrogen) atoms. The van der Waals surface area contributed by atoms with Gasteiger partial charge >= 0.3 is 0 Å². The number of nitrogens with one attached hydrogen (secondary N) is 1. The van der Waals surface area contributed by atoms with Crippen LogP contribution in [0.15, 0.2) is 12.4 Å². The van der Waals surface area contributed by atoms with E-state index in [0.29, 0.717) is 31.9 Å². The first kappa shape index (κ1) is 15.2. The van der Waals surface area contributed by atoms with Crippen molar-refractivity contribution in [1.29, 1.82) is 0 Å². The zero-order chi connectivity index (χ0) is 15.2. The maximum Gasteiger partial charge on any atom is 0.270 e. The van der Waals surface area contributed by atoms with E-state index in [1.807, 2.05) is 13.8 Å². The Balaban J connectivity index is 2.04. The van der Waals surface area contributed by atoms with Crippen molar-refractivity contribution in [3.05, 3.63) is 18.1 Å². The molecule has 1 saturated heterocycles. The third-order valence-electron chi connectivity index (χ3n) is 3.66. The second-order valence-corrected chi connectivity index (χ2v) is 5.17. The van der Waals surface area contributed by atoms with Crippen LogP contribution in [0.4, 0.5) is 5.82 Å². The van der Waals surface area contributed by atoms with Gasteiger partial charge in [-0.15, -0.1) is 0 Å². The number of amides is 2. The summed E-state index contributed by atoms with van der Waals surface area (Å²) in [4.78, 5) is 34.8. The van der Waals surface area contributed by atoms with Gasteiger partial charge in [0.25, 0.3) is 5.91 Å². The zero-order valence-electron chi connectivity index (χ0n) is 12.5. The van der Waals surface area contributed by atoms with E-state index in [2.05, 4.69) is 20.2 Å². The minimum absolute atomic E-state index is 0.118. The minimum Gasteiger partial charge on any atom is -0.353 e. The van der Waals surface area contributed by atoms with Crippen molar-refractivity contribution in [2.75, 3.05) is 31.1 Å². The Morgan fingerprint density at radius 1 is 1.38 bits per heavy atom. The van der Waals surface area contributed by atoms with E-state index < -0.39 is 0 Å². The first-order valence-electron chi connectivity index (χ1n) is 7.21. The standard InChI is InChI=1S/C14H21N5O2/c1-3-11(2)17-14(21)12-8-13(16-9-15-12)19-6-4-18(10-20)5-7-19/h8-11H,3-7H2,1-2H3,(H,17,21). The fraction of sp³-hybridized carbons (Fsp3) is 0.571. The molecule has 0 bridgehead atoms. The monoisotopic (exact) mass is 291 g/mol. The van der Waals surface area contributed by atoms with Gasteiger partial charge in [0.2, 0.25) is 6.41 Å². The van der Waals surface area contributed by atoms with Crippen molar-refractivity contribution in [3.8, 4) is 0 Å². The van der Waals surface area contributed by atoms with E-state index in [1.165, 1.54) is 6.33 Å². The van der Waals surface area contributed by atoms with Crippen LogP contribution in [0.1, 0.15) is 30.8 Å². The van der Waals surface area contributed by atoms with Gasteiger partial charge in [0.15, 0.2) is 0 Å². The number of hydrogen-bond donors (Lipinski definition) is 1. The highest BCUT2D eigenvalue weighted by molar-refractivity contribution is 5.93. The molecule has 0 aliphatic carbocycles. The average molecular weight is 291 g/mol. The second kappa shape index (κ2) is 7.01. The Hall–Kier alpha value is -2.18. The van der Waals surface area contributed by atoms with Crippen LogP contribution in [-0.4, -0.2) is 59.4 Å². The number of rotatable bonds is 5. The molecule has 0 aromatic carbocycles. The van der Waals surface area contributed by atoms with Gasteiger partial charge in [-0.1, -0.05) is 6.92 Å². The minimum atomic E-state index is -0.181. The normalized spacial score (nSPS) is 16.5. The van der Waals surface area contributed by atoms with Gasteiger partial charge in [0, 0.05) is 38.3 Å². The summed E-state index contributed by atoms with van der Waals surface area (Å²) in [6.45, 7) is 6.73. The van der Waals surface area contributed by atoms with Gasteiger partial charge in [-0.2, -0.15) is 0 Å². The second-order valence-electron chi connectivity index (χ2n) is 5.17. The molecule has 0 saturated carbocycles. The number of piperazine rings is 1. The topological polar surface area (TPSA) is 78.4 Å². The third-order valence-corrected chi connectivity index (χ3v) is 3.66. The van der Waals surface area contributed by atoms with E-state index >= 15 is 0 Å². The maximum atomic E-state index is 12.1. The average Bonchev–Trinajstić information content (AvgIpc) is 2.55. The predicted octanol–water partition coefficient (Wildman–Crippen LogP) is 0.283. The number of anilines is 1. The first-order chi connectivity index (χ1) is 10.1. The lowest BCUT2D eigenvalue weighted by molar-refractivity contribution is -0.118. The summed E-state index contributed by atoms with van der Waals surface area (Å²) in [5, 5.41) is 2.89. The molecule has 1 aliphatic heterocycles. The molecule has 1 fully saturated rings. The molecule has 1 unspecified atom stereocenters. The van der Waals surface area contributed by atoms with Crippen LogP contribution in [0.25, 0.3) is 0 Å². The molecule has 1 atom stereocenters. The molecule has 2 rings (SSSR count). The molecular formula is C14H21N5O2. The van der Waals surface area contributed by atoms with Crippen molar-refractivity contribution >= 4 is 18.1 Å². The van der Waals surface area contributed by atoms with Gasteiger partial charge in [0.1, 0.15) is 17.8 Å². The quantitative estimate of drug-likeness (QED) is 0.789. The van der Waals surface area contributed by atoms with E-state index in [0.717, 1.165) is 18.6 Å². The lowest BCUT2D eigenvalue weighted by Crippen LogP contribution is -2.46. The summed E-state index contributed by atoms with van der Waals surface area (Å²) in [7, 11) is 0. The number of hydrogen-bond acceptors (Lipinski definition) is 5. The van der Waals surface area contributed by atoms with Gasteiger partial charge in [0.05, 0.1) is 0 Å². The molecule has 2 amide bonds. The van der Waals surface area contributed by atoms with E-state index in [1.54, 1.807) is 11.0 Å². The fourth-order valence-electron chi connectivity index (χ4n) is 2.10. The molecule has 2 heterocycles. The summed E-state index contributed by atoms with van der Waals surface area (Å²) in [5.74, 6) is 0.546. The summed E-state index contributed by atoms with van der Waals surface area (Å²) in [6.07, 6.45) is 3.15. The van der Waals surface area contributed by atoms with Crippen molar-refractivity contribution in [2.24, 2.45) is 0 Å². The summed E-state index contributed by atoms with van der Waals surface area (Å²) in [5.41, 5.74) is 0.373. The molecule has 0 spiro atoms. The van der Waals surface area contributed by atoms with Gasteiger partial charge in [-0.25, -0.2) is 9.97 Å². The molecular weight excluding hydrogens is 270 g/mol. The lowest BCUT2D eigenvalue weighted by Gasteiger charge is -2.33. The Bertz CT molecular complexity index is 500. The first-order valence-corrected chi connectivity index (χ1v) is 7.21. The van der Waals surface area contributed by atoms with Crippen molar-refractivity contribution in [1.82, 2.24) is 20.2 Å². The van der Waals surface area contributed by atoms with Crippen LogP contribution in [0.5, 0.6) is 0 Å². The molecule has 1 aliphatic rings. The third kappa shape index (κ3) is 3.90. The number of carbonyl (C=O) groups is 2. The summed E-state index contributed by atoms with van der Waals surface area (Å²) in [6, 6.07) is 1.82. The number of nitrogens with zero attached hydrogens (tertiary/aromatic N) is 4. The van der Waals surface area contributed by atoms with Crippen molar-refractivity contribution in [2.45, 2.75) is 26.3 Å². The zero-order valence-corrected chi connectivity index (χ0v) is 12.5. The van der Waals surface area contributed by atoms with Crippen LogP contribution in [0.2, 0.25) is 0 Å². The lowest BCUT2D eigenvalue weighted by atomic mass is 10.2. The van der Waals surface area contributed by atoms with Crippen LogP contribution < -0.4 is 10.2 Å². The number of carbonyl (C=O) groups excluding carboxylic acids is 2. The molecule has 1 aromatic heterocycles. The van der Waals surface area contributed by atoms with Crippen LogP contribution in [0.3, 0.4) is 0 Å². The molecule has 1 N–H and O–H groups in total. The summed E-state index contributed by atoms with van der Waals surface area (Å²) >= 11 is 0. The van der Waals surface area contributed by atoms with Crippen molar-refractivity contribution < 1.29 is 9.59 Å². The molecule has 7 nitrogen and oxygen atoms in total.